The number of unbranched alkanes of at least 4 members (excludes halogenated alkanes) is 39. The molecule has 10 heteroatoms. The van der Waals surface area contributed by atoms with E-state index in [0.29, 0.717) is 17.4 Å². The third-order valence-corrected chi connectivity index (χ3v) is 17.3. The summed E-state index contributed by atoms with van der Waals surface area (Å²) in [7, 11) is 1.19. The van der Waals surface area contributed by atoms with E-state index in [0.717, 1.165) is 89.9 Å². The van der Waals surface area contributed by atoms with Gasteiger partial charge in [-0.2, -0.15) is 0 Å². The Morgan fingerprint density at radius 3 is 1.11 bits per heavy atom. The second-order valence-electron chi connectivity index (χ2n) is 26.1. The van der Waals surface area contributed by atoms with Gasteiger partial charge in [0.15, 0.2) is 0 Å². The molecule has 0 aromatic rings. The van der Waals surface area contributed by atoms with Gasteiger partial charge in [-0.15, -0.1) is 0 Å². The van der Waals surface area contributed by atoms with E-state index in [1.807, 2.05) is 33.3 Å². The van der Waals surface area contributed by atoms with Crippen LogP contribution in [0.2, 0.25) is 0 Å². The fourth-order valence-corrected chi connectivity index (χ4v) is 11.4. The summed E-state index contributed by atoms with van der Waals surface area (Å²) in [6.07, 6.45) is 88.5. The Labute approximate surface area is 539 Å². The molecule has 0 fully saturated rings. The first-order chi connectivity index (χ1) is 42.4. The summed E-state index contributed by atoms with van der Waals surface area (Å²) in [5.74, 6) is -0.535. The van der Waals surface area contributed by atoms with E-state index in [1.165, 1.54) is 218 Å². The van der Waals surface area contributed by atoms with Crippen molar-refractivity contribution >= 4 is 19.7 Å². The molecule has 0 radical (unpaired) electrons. The van der Waals surface area contributed by atoms with Gasteiger partial charge in [-0.3, -0.25) is 14.2 Å². The molecule has 0 aliphatic rings. The first-order valence-corrected chi connectivity index (χ1v) is 38.4. The average molecular weight is 1240 g/mol. The van der Waals surface area contributed by atoms with E-state index >= 15 is 0 Å². The molecular formula is C77H141N2O7P. The second kappa shape index (κ2) is 66.1. The molecule has 0 aliphatic heterocycles. The maximum absolute atomic E-state index is 13.6. The summed E-state index contributed by atoms with van der Waals surface area (Å²) in [6.45, 7) is 6.77. The Morgan fingerprint density at radius 2 is 0.736 bits per heavy atom. The van der Waals surface area contributed by atoms with E-state index in [4.69, 9.17) is 13.8 Å². The van der Waals surface area contributed by atoms with Crippen LogP contribution in [0.15, 0.2) is 85.1 Å². The van der Waals surface area contributed by atoms with E-state index in [-0.39, 0.29) is 31.5 Å². The quantitative estimate of drug-likeness (QED) is 0.0212. The Kier molecular flexibility index (Phi) is 64.0. The number of phosphoric ester groups is 1. The molecule has 0 heterocycles. The van der Waals surface area contributed by atoms with E-state index in [2.05, 4.69) is 99.0 Å². The zero-order valence-corrected chi connectivity index (χ0v) is 58.9. The SMILES string of the molecule is CC/C=C\C/C=C\C/C=C\C/C=C\C/C=C\CCCCCCCCCCCCCC(=O)OC(/C=C\CCCCCCCCCCCCC)C(COP(=O)([O-])OCC[N+](C)(C)C)NC(=O)CCCCCCCCCCCCC/C=C/CCCCCCCC. The van der Waals surface area contributed by atoms with E-state index < -0.39 is 20.0 Å². The molecule has 0 rings (SSSR count). The molecule has 1 N–H and O–H groups in total. The fourth-order valence-electron chi connectivity index (χ4n) is 10.7. The van der Waals surface area contributed by atoms with Crippen LogP contribution >= 0.6 is 7.82 Å². The normalized spacial score (nSPS) is 14.0. The third kappa shape index (κ3) is 67.4. The maximum Gasteiger partial charge on any atom is 0.306 e. The molecule has 0 aliphatic carbocycles. The Balaban J connectivity index is 5.06. The minimum absolute atomic E-state index is 0.0243. The topological polar surface area (TPSA) is 114 Å². The zero-order valence-electron chi connectivity index (χ0n) is 58.0. The molecule has 3 unspecified atom stereocenters. The Bertz CT molecular complexity index is 1760. The number of amides is 1. The number of nitrogens with one attached hydrogen (secondary N) is 1. The minimum atomic E-state index is -4.71. The lowest BCUT2D eigenvalue weighted by Gasteiger charge is -2.30. The molecule has 0 spiro atoms. The number of hydrogen-bond donors (Lipinski definition) is 1. The van der Waals surface area contributed by atoms with Gasteiger partial charge in [-0.05, 0) is 102 Å². The minimum Gasteiger partial charge on any atom is -0.756 e. The van der Waals surface area contributed by atoms with E-state index in [1.54, 1.807) is 0 Å². The third-order valence-electron chi connectivity index (χ3n) is 16.3. The van der Waals surface area contributed by atoms with Crippen LogP contribution in [0.4, 0.5) is 0 Å². The summed E-state index contributed by atoms with van der Waals surface area (Å²) < 4.78 is 30.5. The number of esters is 1. The van der Waals surface area contributed by atoms with Gasteiger partial charge < -0.3 is 28.5 Å². The Morgan fingerprint density at radius 1 is 0.414 bits per heavy atom. The van der Waals surface area contributed by atoms with Crippen molar-refractivity contribution in [2.45, 2.75) is 354 Å². The molecule has 1 amide bonds. The van der Waals surface area contributed by atoms with Crippen molar-refractivity contribution in [3.05, 3.63) is 85.1 Å². The number of nitrogens with zero attached hydrogens (tertiary/aromatic N) is 1. The van der Waals surface area contributed by atoms with Crippen molar-refractivity contribution in [3.63, 3.8) is 0 Å². The molecule has 9 nitrogen and oxygen atoms in total. The lowest BCUT2D eigenvalue weighted by Crippen LogP contribution is -2.47. The van der Waals surface area contributed by atoms with Crippen molar-refractivity contribution in [1.29, 1.82) is 0 Å². The predicted molar refractivity (Wildman–Crippen MR) is 376 cm³/mol. The highest BCUT2D eigenvalue weighted by molar-refractivity contribution is 7.45. The largest absolute Gasteiger partial charge is 0.756 e. The number of carbonyl (C=O) groups is 2. The van der Waals surface area contributed by atoms with Crippen molar-refractivity contribution in [2.75, 3.05) is 40.9 Å². The fraction of sp³-hybridized carbons (Fsp3) is 0.792. The van der Waals surface area contributed by atoms with Crippen LogP contribution in [0.5, 0.6) is 0 Å². The van der Waals surface area contributed by atoms with Crippen molar-refractivity contribution in [2.24, 2.45) is 0 Å². The van der Waals surface area contributed by atoms with Crippen LogP contribution in [-0.4, -0.2) is 69.4 Å². The van der Waals surface area contributed by atoms with Gasteiger partial charge >= 0.3 is 5.97 Å². The van der Waals surface area contributed by atoms with E-state index in [9.17, 15) is 19.0 Å². The van der Waals surface area contributed by atoms with Gasteiger partial charge in [0.25, 0.3) is 7.82 Å². The lowest BCUT2D eigenvalue weighted by molar-refractivity contribution is -0.870. The summed E-state index contributed by atoms with van der Waals surface area (Å²) >= 11 is 0. The van der Waals surface area contributed by atoms with Crippen LogP contribution < -0.4 is 10.2 Å². The molecule has 0 bridgehead atoms. The number of hydrogen-bond acceptors (Lipinski definition) is 7. The van der Waals surface area contributed by atoms with Gasteiger partial charge in [-0.25, -0.2) is 0 Å². The van der Waals surface area contributed by atoms with Gasteiger partial charge in [0, 0.05) is 12.8 Å². The van der Waals surface area contributed by atoms with Gasteiger partial charge in [0.05, 0.1) is 33.8 Å². The van der Waals surface area contributed by atoms with Crippen LogP contribution in [0.1, 0.15) is 342 Å². The summed E-state index contributed by atoms with van der Waals surface area (Å²) in [4.78, 5) is 40.3. The standard InChI is InChI=1S/C77H141N2O7P/c1-7-10-13-16-19-22-25-28-30-32-34-36-37-38-39-40-41-43-45-47-49-52-55-58-61-64-67-70-77(81)86-75(68-65-62-59-56-53-50-27-24-21-18-15-12-9-3)74(73-85-87(82,83)84-72-71-79(4,5)6)78-76(80)69-66-63-60-57-54-51-48-46-44-42-35-33-31-29-26-23-20-17-14-11-8-2/h10,13,19,22,28-31,34,36,38-39,65,68,74-75H,7-9,11-12,14-18,20-21,23-27,32-33,35,37,40-64,66-67,69-73H2,1-6H3,(H-,78,80,82,83)/b13-10-,22-19-,30-28-,31-29+,36-34-,39-38-,68-65-. The predicted octanol–water partition coefficient (Wildman–Crippen LogP) is 23.0. The molecule has 87 heavy (non-hydrogen) atoms. The van der Waals surface area contributed by atoms with Crippen LogP contribution in [0, 0.1) is 0 Å². The van der Waals surface area contributed by atoms with Crippen LogP contribution in [0.25, 0.3) is 0 Å². The number of phosphoric acid groups is 1. The molecule has 0 saturated carbocycles. The molecular weight excluding hydrogens is 1100 g/mol. The summed E-state index contributed by atoms with van der Waals surface area (Å²) in [5.41, 5.74) is 0. The maximum atomic E-state index is 13.6. The second-order valence-corrected chi connectivity index (χ2v) is 27.5. The number of likely N-dealkylation sites (N-methyl/N-ethyl adjacent to an activating group) is 1. The Hall–Kier alpha value is -2.81. The smallest absolute Gasteiger partial charge is 0.306 e. The monoisotopic (exact) mass is 1240 g/mol. The van der Waals surface area contributed by atoms with Crippen molar-refractivity contribution in [1.82, 2.24) is 5.32 Å². The highest BCUT2D eigenvalue weighted by atomic mass is 31.2. The summed E-state index contributed by atoms with van der Waals surface area (Å²) in [6, 6.07) is -0.894. The number of rotatable bonds is 67. The highest BCUT2D eigenvalue weighted by Gasteiger charge is 2.27. The van der Waals surface area contributed by atoms with Crippen molar-refractivity contribution < 1.29 is 37.3 Å². The first kappa shape index (κ1) is 84.2. The highest BCUT2D eigenvalue weighted by Crippen LogP contribution is 2.38. The average Bonchev–Trinajstić information content (AvgIpc) is 3.70. The number of ether oxygens (including phenoxy) is 1. The molecule has 3 atom stereocenters. The number of carbonyl (C=O) groups excluding carboxylic acids is 2. The molecule has 0 aromatic heterocycles. The molecule has 0 saturated heterocycles. The first-order valence-electron chi connectivity index (χ1n) is 36.9. The lowest BCUT2D eigenvalue weighted by atomic mass is 10.0. The number of allylic oxidation sites excluding steroid dienone is 13. The molecule has 506 valence electrons. The van der Waals surface area contributed by atoms with Crippen molar-refractivity contribution in [3.8, 4) is 0 Å². The van der Waals surface area contributed by atoms with Crippen LogP contribution in [-0.2, 0) is 27.9 Å². The van der Waals surface area contributed by atoms with Crippen LogP contribution in [0.3, 0.4) is 0 Å². The van der Waals surface area contributed by atoms with Gasteiger partial charge in [0.1, 0.15) is 19.3 Å². The summed E-state index contributed by atoms with van der Waals surface area (Å²) in [5, 5.41) is 3.05. The zero-order chi connectivity index (χ0) is 63.5. The number of quaternary nitrogens is 1. The van der Waals surface area contributed by atoms with Gasteiger partial charge in [-0.1, -0.05) is 312 Å². The van der Waals surface area contributed by atoms with Gasteiger partial charge in [0.2, 0.25) is 5.91 Å². The molecule has 0 aromatic carbocycles.